The molecule has 3 aromatic rings. The standard InChI is InChI=1S/C15H14FN3S/c1-2-6-17-15-12-8-11(16)3-4-13(12)18-14(19-15)10-5-7-20-9-10/h3-5,7-9H,2,6H2,1H3,(H,17,18,19). The van der Waals surface area contributed by atoms with Gasteiger partial charge in [-0.25, -0.2) is 14.4 Å². The van der Waals surface area contributed by atoms with Crippen LogP contribution in [0.5, 0.6) is 0 Å². The number of benzene rings is 1. The Morgan fingerprint density at radius 3 is 2.90 bits per heavy atom. The van der Waals surface area contributed by atoms with E-state index < -0.39 is 0 Å². The number of nitrogens with one attached hydrogen (secondary N) is 1. The Balaban J connectivity index is 2.17. The molecule has 0 saturated carbocycles. The van der Waals surface area contributed by atoms with Crippen LogP contribution in [0, 0.1) is 5.82 Å². The summed E-state index contributed by atoms with van der Waals surface area (Å²) in [5, 5.41) is 7.97. The number of fused-ring (bicyclic) bond motifs is 1. The molecule has 5 heteroatoms. The van der Waals surface area contributed by atoms with E-state index in [1.165, 1.54) is 12.1 Å². The topological polar surface area (TPSA) is 37.8 Å². The van der Waals surface area contributed by atoms with Gasteiger partial charge in [-0.2, -0.15) is 11.3 Å². The molecule has 1 aromatic carbocycles. The van der Waals surface area contributed by atoms with Crippen molar-refractivity contribution in [3.63, 3.8) is 0 Å². The molecule has 0 aliphatic carbocycles. The smallest absolute Gasteiger partial charge is 0.162 e. The van der Waals surface area contributed by atoms with E-state index in [0.717, 1.165) is 29.4 Å². The summed E-state index contributed by atoms with van der Waals surface area (Å²) in [4.78, 5) is 9.06. The summed E-state index contributed by atoms with van der Waals surface area (Å²) in [7, 11) is 0. The Kier molecular flexibility index (Phi) is 3.60. The summed E-state index contributed by atoms with van der Waals surface area (Å²) >= 11 is 1.61. The minimum atomic E-state index is -0.274. The molecule has 0 fully saturated rings. The molecule has 0 aliphatic heterocycles. The number of anilines is 1. The Bertz CT molecular complexity index is 725. The highest BCUT2D eigenvalue weighted by molar-refractivity contribution is 7.08. The number of aromatic nitrogens is 2. The molecular formula is C15H14FN3S. The maximum absolute atomic E-state index is 13.4. The second-order valence-corrected chi connectivity index (χ2v) is 5.28. The first-order chi connectivity index (χ1) is 9.78. The normalized spacial score (nSPS) is 10.9. The molecule has 0 atom stereocenters. The number of hydrogen-bond donors (Lipinski definition) is 1. The van der Waals surface area contributed by atoms with Crippen LogP contribution < -0.4 is 5.32 Å². The van der Waals surface area contributed by atoms with Gasteiger partial charge in [0.2, 0.25) is 0 Å². The Hall–Kier alpha value is -2.01. The number of rotatable bonds is 4. The van der Waals surface area contributed by atoms with Crippen LogP contribution >= 0.6 is 11.3 Å². The van der Waals surface area contributed by atoms with Crippen molar-refractivity contribution >= 4 is 28.1 Å². The van der Waals surface area contributed by atoms with Crippen LogP contribution in [0.3, 0.4) is 0 Å². The molecule has 1 N–H and O–H groups in total. The Morgan fingerprint density at radius 1 is 1.25 bits per heavy atom. The second kappa shape index (κ2) is 5.54. The van der Waals surface area contributed by atoms with Crippen LogP contribution in [0.4, 0.5) is 10.2 Å². The maximum Gasteiger partial charge on any atom is 0.162 e. The summed E-state index contributed by atoms with van der Waals surface area (Å²) in [6.07, 6.45) is 0.981. The SMILES string of the molecule is CCCNc1nc(-c2ccsc2)nc2ccc(F)cc12. The minimum absolute atomic E-state index is 0.274. The Morgan fingerprint density at radius 2 is 2.15 bits per heavy atom. The summed E-state index contributed by atoms with van der Waals surface area (Å²) in [5.74, 6) is 1.09. The molecule has 3 rings (SSSR count). The van der Waals surface area contributed by atoms with Crippen molar-refractivity contribution in [3.8, 4) is 11.4 Å². The molecule has 2 aromatic heterocycles. The third-order valence-electron chi connectivity index (χ3n) is 2.98. The molecule has 2 heterocycles. The fourth-order valence-corrected chi connectivity index (χ4v) is 2.63. The van der Waals surface area contributed by atoms with Gasteiger partial charge in [-0.3, -0.25) is 0 Å². The highest BCUT2D eigenvalue weighted by atomic mass is 32.1. The van der Waals surface area contributed by atoms with E-state index in [1.807, 2.05) is 16.8 Å². The zero-order chi connectivity index (χ0) is 13.9. The van der Waals surface area contributed by atoms with Crippen LogP contribution in [0.25, 0.3) is 22.3 Å². The third-order valence-corrected chi connectivity index (χ3v) is 3.66. The summed E-state index contributed by atoms with van der Waals surface area (Å²) in [5.41, 5.74) is 1.74. The van der Waals surface area contributed by atoms with E-state index in [0.29, 0.717) is 11.6 Å². The minimum Gasteiger partial charge on any atom is -0.369 e. The first-order valence-corrected chi connectivity index (χ1v) is 7.46. The van der Waals surface area contributed by atoms with Crippen molar-refractivity contribution in [2.75, 3.05) is 11.9 Å². The van der Waals surface area contributed by atoms with Gasteiger partial charge in [0, 0.05) is 22.9 Å². The summed E-state index contributed by atoms with van der Waals surface area (Å²) < 4.78 is 13.4. The fraction of sp³-hybridized carbons (Fsp3) is 0.200. The lowest BCUT2D eigenvalue weighted by molar-refractivity contribution is 0.629. The van der Waals surface area contributed by atoms with Gasteiger partial charge in [0.25, 0.3) is 0 Å². The van der Waals surface area contributed by atoms with Crippen LogP contribution in [0.1, 0.15) is 13.3 Å². The van der Waals surface area contributed by atoms with Crippen LogP contribution in [-0.4, -0.2) is 16.5 Å². The molecule has 0 unspecified atom stereocenters. The van der Waals surface area contributed by atoms with E-state index in [2.05, 4.69) is 22.2 Å². The summed E-state index contributed by atoms with van der Waals surface area (Å²) in [6.45, 7) is 2.88. The van der Waals surface area contributed by atoms with E-state index in [-0.39, 0.29) is 5.82 Å². The van der Waals surface area contributed by atoms with Gasteiger partial charge in [0.15, 0.2) is 5.82 Å². The third kappa shape index (κ3) is 2.49. The number of halogens is 1. The first-order valence-electron chi connectivity index (χ1n) is 6.51. The lowest BCUT2D eigenvalue weighted by Crippen LogP contribution is -2.04. The molecule has 20 heavy (non-hydrogen) atoms. The van der Waals surface area contributed by atoms with E-state index in [1.54, 1.807) is 17.4 Å². The van der Waals surface area contributed by atoms with Crippen molar-refractivity contribution in [3.05, 3.63) is 40.8 Å². The van der Waals surface area contributed by atoms with E-state index in [9.17, 15) is 4.39 Å². The van der Waals surface area contributed by atoms with Gasteiger partial charge in [-0.15, -0.1) is 0 Å². The van der Waals surface area contributed by atoms with E-state index in [4.69, 9.17) is 0 Å². The quantitative estimate of drug-likeness (QED) is 0.776. The van der Waals surface area contributed by atoms with Crippen molar-refractivity contribution in [2.45, 2.75) is 13.3 Å². The number of thiophene rings is 1. The molecule has 3 nitrogen and oxygen atoms in total. The number of hydrogen-bond acceptors (Lipinski definition) is 4. The fourth-order valence-electron chi connectivity index (χ4n) is 2.00. The van der Waals surface area contributed by atoms with Crippen LogP contribution in [0.15, 0.2) is 35.0 Å². The highest BCUT2D eigenvalue weighted by Crippen LogP contribution is 2.26. The Labute approximate surface area is 120 Å². The average Bonchev–Trinajstić information content (AvgIpc) is 2.99. The molecule has 0 amide bonds. The lowest BCUT2D eigenvalue weighted by Gasteiger charge is -2.09. The van der Waals surface area contributed by atoms with E-state index >= 15 is 0 Å². The van der Waals surface area contributed by atoms with Gasteiger partial charge < -0.3 is 5.32 Å². The van der Waals surface area contributed by atoms with Gasteiger partial charge in [0.05, 0.1) is 5.52 Å². The van der Waals surface area contributed by atoms with Gasteiger partial charge in [-0.05, 0) is 36.1 Å². The molecular weight excluding hydrogens is 273 g/mol. The zero-order valence-corrected chi connectivity index (χ0v) is 11.9. The van der Waals surface area contributed by atoms with Gasteiger partial charge >= 0.3 is 0 Å². The van der Waals surface area contributed by atoms with Crippen molar-refractivity contribution in [2.24, 2.45) is 0 Å². The first kappa shape index (κ1) is 13.0. The maximum atomic E-state index is 13.4. The molecule has 0 aliphatic rings. The van der Waals surface area contributed by atoms with Crippen LogP contribution in [-0.2, 0) is 0 Å². The molecule has 0 radical (unpaired) electrons. The molecule has 0 spiro atoms. The lowest BCUT2D eigenvalue weighted by atomic mass is 10.2. The van der Waals surface area contributed by atoms with Crippen molar-refractivity contribution in [1.82, 2.24) is 9.97 Å². The molecule has 102 valence electrons. The second-order valence-electron chi connectivity index (χ2n) is 4.50. The molecule has 0 bridgehead atoms. The summed E-state index contributed by atoms with van der Waals surface area (Å²) in [6, 6.07) is 6.58. The monoisotopic (exact) mass is 287 g/mol. The van der Waals surface area contributed by atoms with Crippen LogP contribution in [0.2, 0.25) is 0 Å². The average molecular weight is 287 g/mol. The largest absolute Gasteiger partial charge is 0.369 e. The highest BCUT2D eigenvalue weighted by Gasteiger charge is 2.10. The van der Waals surface area contributed by atoms with Crippen molar-refractivity contribution < 1.29 is 4.39 Å². The zero-order valence-electron chi connectivity index (χ0n) is 11.1. The number of nitrogens with zero attached hydrogens (tertiary/aromatic N) is 2. The predicted molar refractivity (Wildman–Crippen MR) is 81.6 cm³/mol. The van der Waals surface area contributed by atoms with Gasteiger partial charge in [-0.1, -0.05) is 6.92 Å². The van der Waals surface area contributed by atoms with Gasteiger partial charge in [0.1, 0.15) is 11.6 Å². The van der Waals surface area contributed by atoms with Crippen molar-refractivity contribution in [1.29, 1.82) is 0 Å². The molecule has 0 saturated heterocycles. The predicted octanol–water partition coefficient (Wildman–Crippen LogP) is 4.32.